The van der Waals surface area contributed by atoms with Crippen molar-refractivity contribution in [2.45, 2.75) is 77.4 Å². The van der Waals surface area contributed by atoms with Gasteiger partial charge >= 0.3 is 0 Å². The van der Waals surface area contributed by atoms with Gasteiger partial charge in [-0.25, -0.2) is 8.42 Å². The lowest BCUT2D eigenvalue weighted by Gasteiger charge is -2.32. The number of carbonyl (C=O) groups is 2. The molecule has 3 aromatic rings. The maximum Gasteiger partial charge on any atom is 0.264 e. The molecule has 0 radical (unpaired) electrons. The molecule has 0 fully saturated rings. The molecule has 0 saturated heterocycles. The van der Waals surface area contributed by atoms with E-state index >= 15 is 0 Å². The van der Waals surface area contributed by atoms with Gasteiger partial charge in [0.25, 0.3) is 10.0 Å². The molecule has 0 spiro atoms. The van der Waals surface area contributed by atoms with Gasteiger partial charge in [0, 0.05) is 17.6 Å². The Morgan fingerprint density at radius 3 is 2.12 bits per heavy atom. The van der Waals surface area contributed by atoms with E-state index in [1.807, 2.05) is 39.0 Å². The van der Waals surface area contributed by atoms with Crippen molar-refractivity contribution >= 4 is 39.1 Å². The first-order valence-electron chi connectivity index (χ1n) is 13.9. The number of halogens is 1. The second kappa shape index (κ2) is 14.0. The molecule has 1 N–H and O–H groups in total. The Bertz CT molecular complexity index is 1440. The summed E-state index contributed by atoms with van der Waals surface area (Å²) in [6, 6.07) is 19.8. The number of anilines is 1. The van der Waals surface area contributed by atoms with Crippen LogP contribution in [0.1, 0.15) is 63.6 Å². The van der Waals surface area contributed by atoms with Gasteiger partial charge in [-0.3, -0.25) is 13.9 Å². The Kier molecular flexibility index (Phi) is 11.0. The largest absolute Gasteiger partial charge is 0.352 e. The fourth-order valence-corrected chi connectivity index (χ4v) is 5.90. The third-order valence-corrected chi connectivity index (χ3v) is 9.17. The van der Waals surface area contributed by atoms with Gasteiger partial charge < -0.3 is 10.2 Å². The Hall–Kier alpha value is -3.36. The summed E-state index contributed by atoms with van der Waals surface area (Å²) < 4.78 is 29.1. The molecular formula is C32H40ClN3O4S. The molecule has 0 unspecified atom stereocenters. The quantitative estimate of drug-likeness (QED) is 0.265. The molecule has 0 saturated carbocycles. The van der Waals surface area contributed by atoms with E-state index < -0.39 is 28.5 Å². The molecule has 220 valence electrons. The van der Waals surface area contributed by atoms with Crippen molar-refractivity contribution < 1.29 is 18.0 Å². The molecule has 0 aromatic heterocycles. The van der Waals surface area contributed by atoms with Crippen molar-refractivity contribution in [1.29, 1.82) is 0 Å². The summed E-state index contributed by atoms with van der Waals surface area (Å²) in [5.74, 6) is -0.574. The van der Waals surface area contributed by atoms with E-state index in [9.17, 15) is 18.0 Å². The van der Waals surface area contributed by atoms with E-state index in [0.717, 1.165) is 27.4 Å². The van der Waals surface area contributed by atoms with Crippen molar-refractivity contribution in [2.24, 2.45) is 0 Å². The van der Waals surface area contributed by atoms with Crippen molar-refractivity contribution in [1.82, 2.24) is 10.2 Å². The molecule has 0 bridgehead atoms. The normalized spacial score (nSPS) is 13.0. The van der Waals surface area contributed by atoms with E-state index in [1.54, 1.807) is 49.4 Å². The number of rotatable bonds is 12. The molecular weight excluding hydrogens is 558 g/mol. The standard InChI is InChI=1S/C32H40ClN3O4S/c1-7-24(5)34-32(38)25(6)35(20-26-9-8-10-28(33)19-26)31(37)21-36(29-15-13-27(14-16-29)22(2)3)41(39,40)30-17-11-23(4)12-18-30/h8-19,22,24-25H,7,20-21H2,1-6H3,(H,34,38)/t24-,25-/m1/s1. The molecule has 0 heterocycles. The topological polar surface area (TPSA) is 86.8 Å². The summed E-state index contributed by atoms with van der Waals surface area (Å²) in [6.07, 6.45) is 0.732. The van der Waals surface area contributed by atoms with Gasteiger partial charge in [-0.05, 0) is 80.6 Å². The number of nitrogens with zero attached hydrogens (tertiary/aromatic N) is 2. The summed E-state index contributed by atoms with van der Waals surface area (Å²) in [7, 11) is -4.12. The Morgan fingerprint density at radius 1 is 0.927 bits per heavy atom. The van der Waals surface area contributed by atoms with E-state index in [-0.39, 0.29) is 29.3 Å². The van der Waals surface area contributed by atoms with Crippen molar-refractivity contribution in [2.75, 3.05) is 10.8 Å². The highest BCUT2D eigenvalue weighted by Gasteiger charge is 2.32. The fraction of sp³-hybridized carbons (Fsp3) is 0.375. The van der Waals surface area contributed by atoms with Crippen LogP contribution in [-0.2, 0) is 26.2 Å². The number of amides is 2. The van der Waals surface area contributed by atoms with Crippen LogP contribution >= 0.6 is 11.6 Å². The summed E-state index contributed by atoms with van der Waals surface area (Å²) >= 11 is 6.21. The van der Waals surface area contributed by atoms with Crippen LogP contribution in [0.5, 0.6) is 0 Å². The lowest BCUT2D eigenvalue weighted by atomic mass is 10.0. The molecule has 3 aromatic carbocycles. The number of carbonyl (C=O) groups excluding carboxylic acids is 2. The van der Waals surface area contributed by atoms with Gasteiger partial charge in [0.2, 0.25) is 11.8 Å². The predicted octanol–water partition coefficient (Wildman–Crippen LogP) is 6.30. The minimum Gasteiger partial charge on any atom is -0.352 e. The SMILES string of the molecule is CC[C@@H](C)NC(=O)[C@@H](C)N(Cc1cccc(Cl)c1)C(=O)CN(c1ccc(C(C)C)cc1)S(=O)(=O)c1ccc(C)cc1. The third-order valence-electron chi connectivity index (χ3n) is 7.15. The molecule has 0 aliphatic heterocycles. The maximum atomic E-state index is 14.0. The highest BCUT2D eigenvalue weighted by atomic mass is 35.5. The van der Waals surface area contributed by atoms with Crippen molar-refractivity contribution in [3.8, 4) is 0 Å². The highest BCUT2D eigenvalue weighted by Crippen LogP contribution is 2.27. The molecule has 41 heavy (non-hydrogen) atoms. The van der Waals surface area contributed by atoms with Crippen LogP contribution in [0.25, 0.3) is 0 Å². The third kappa shape index (κ3) is 8.33. The second-order valence-electron chi connectivity index (χ2n) is 10.7. The van der Waals surface area contributed by atoms with E-state index in [4.69, 9.17) is 11.6 Å². The molecule has 7 nitrogen and oxygen atoms in total. The lowest BCUT2D eigenvalue weighted by molar-refractivity contribution is -0.139. The van der Waals surface area contributed by atoms with Crippen molar-refractivity contribution in [3.63, 3.8) is 0 Å². The lowest BCUT2D eigenvalue weighted by Crippen LogP contribution is -2.52. The van der Waals surface area contributed by atoms with Crippen LogP contribution in [0.4, 0.5) is 5.69 Å². The number of hydrogen-bond acceptors (Lipinski definition) is 4. The summed E-state index contributed by atoms with van der Waals surface area (Å²) in [6.45, 7) is 11.1. The number of nitrogens with one attached hydrogen (secondary N) is 1. The van der Waals surface area contributed by atoms with Crippen molar-refractivity contribution in [3.05, 3.63) is 94.5 Å². The molecule has 2 atom stereocenters. The minimum absolute atomic E-state index is 0.0767. The summed E-state index contributed by atoms with van der Waals surface area (Å²) in [5.41, 5.74) is 3.05. The van der Waals surface area contributed by atoms with E-state index in [0.29, 0.717) is 10.7 Å². The van der Waals surface area contributed by atoms with Crippen LogP contribution < -0.4 is 9.62 Å². The van der Waals surface area contributed by atoms with Crippen LogP contribution in [0.15, 0.2) is 77.7 Å². The Labute approximate surface area is 249 Å². The zero-order valence-corrected chi connectivity index (χ0v) is 26.2. The van der Waals surface area contributed by atoms with E-state index in [1.165, 1.54) is 17.0 Å². The maximum absolute atomic E-state index is 14.0. The first kappa shape index (κ1) is 32.2. The molecule has 0 aliphatic rings. The minimum atomic E-state index is -4.12. The first-order chi connectivity index (χ1) is 19.3. The Morgan fingerprint density at radius 2 is 1.56 bits per heavy atom. The van der Waals surface area contributed by atoms with E-state index in [2.05, 4.69) is 19.2 Å². The van der Waals surface area contributed by atoms with Gasteiger partial charge in [0.15, 0.2) is 0 Å². The zero-order valence-electron chi connectivity index (χ0n) is 24.6. The molecule has 2 amide bonds. The predicted molar refractivity (Wildman–Crippen MR) is 166 cm³/mol. The molecule has 9 heteroatoms. The van der Waals surface area contributed by atoms with Crippen LogP contribution in [-0.4, -0.2) is 43.8 Å². The average Bonchev–Trinajstić information content (AvgIpc) is 2.94. The van der Waals surface area contributed by atoms with Gasteiger partial charge in [0.05, 0.1) is 10.6 Å². The van der Waals surface area contributed by atoms with Gasteiger partial charge in [0.1, 0.15) is 12.6 Å². The number of hydrogen-bond donors (Lipinski definition) is 1. The summed E-state index contributed by atoms with van der Waals surface area (Å²) in [5, 5.41) is 3.43. The highest BCUT2D eigenvalue weighted by molar-refractivity contribution is 7.92. The van der Waals surface area contributed by atoms with Gasteiger partial charge in [-0.15, -0.1) is 0 Å². The Balaban J connectivity index is 2.04. The first-order valence-corrected chi connectivity index (χ1v) is 15.7. The average molecular weight is 598 g/mol. The monoisotopic (exact) mass is 597 g/mol. The summed E-state index contributed by atoms with van der Waals surface area (Å²) in [4.78, 5) is 28.7. The number of sulfonamides is 1. The van der Waals surface area contributed by atoms with Crippen LogP contribution in [0.2, 0.25) is 5.02 Å². The smallest absolute Gasteiger partial charge is 0.264 e. The van der Waals surface area contributed by atoms with Crippen LogP contribution in [0, 0.1) is 6.92 Å². The molecule has 0 aliphatic carbocycles. The zero-order chi connectivity index (χ0) is 30.3. The number of benzene rings is 3. The van der Waals surface area contributed by atoms with Gasteiger partial charge in [-0.2, -0.15) is 0 Å². The number of aryl methyl sites for hydroxylation is 1. The van der Waals surface area contributed by atoms with Crippen LogP contribution in [0.3, 0.4) is 0 Å². The van der Waals surface area contributed by atoms with Gasteiger partial charge in [-0.1, -0.05) is 74.3 Å². The molecule has 3 rings (SSSR count). The fourth-order valence-electron chi connectivity index (χ4n) is 4.27. The second-order valence-corrected chi connectivity index (χ2v) is 13.0.